The Kier molecular flexibility index (Phi) is 3.77. The van der Waals surface area contributed by atoms with Crippen LogP contribution in [0.5, 0.6) is 0 Å². The number of carbonyl (C=O) groups is 1. The lowest BCUT2D eigenvalue weighted by Gasteiger charge is -2.38. The van der Waals surface area contributed by atoms with Crippen LogP contribution in [0.1, 0.15) is 47.0 Å². The Morgan fingerprint density at radius 1 is 1.40 bits per heavy atom. The van der Waals surface area contributed by atoms with Crippen molar-refractivity contribution in [2.45, 2.75) is 52.6 Å². The van der Waals surface area contributed by atoms with Crippen molar-refractivity contribution in [2.75, 3.05) is 13.2 Å². The first-order valence-corrected chi connectivity index (χ1v) is 5.71. The van der Waals surface area contributed by atoms with Gasteiger partial charge in [-0.2, -0.15) is 0 Å². The minimum absolute atomic E-state index is 0.00181. The van der Waals surface area contributed by atoms with Gasteiger partial charge in [0.05, 0.1) is 5.60 Å². The molecule has 3 heteroatoms. The van der Waals surface area contributed by atoms with Gasteiger partial charge in [0.15, 0.2) is 0 Å². The molecule has 3 nitrogen and oxygen atoms in total. The number of rotatable bonds is 4. The highest BCUT2D eigenvalue weighted by atomic mass is 16.5. The van der Waals surface area contributed by atoms with Gasteiger partial charge in [-0.3, -0.25) is 4.79 Å². The summed E-state index contributed by atoms with van der Waals surface area (Å²) >= 11 is 0. The van der Waals surface area contributed by atoms with Gasteiger partial charge >= 0.3 is 0 Å². The van der Waals surface area contributed by atoms with Crippen LogP contribution < -0.4 is 5.32 Å². The largest absolute Gasteiger partial charge is 0.366 e. The maximum atomic E-state index is 11.4. The Labute approximate surface area is 92.6 Å². The van der Waals surface area contributed by atoms with E-state index in [1.807, 2.05) is 20.8 Å². The molecule has 1 fully saturated rings. The molecule has 0 radical (unpaired) electrons. The third-order valence-electron chi connectivity index (χ3n) is 2.91. The highest BCUT2D eigenvalue weighted by Crippen LogP contribution is 2.39. The Morgan fingerprint density at radius 2 is 2.00 bits per heavy atom. The summed E-state index contributed by atoms with van der Waals surface area (Å²) in [6, 6.07) is 0. The second-order valence-electron chi connectivity index (χ2n) is 5.84. The first kappa shape index (κ1) is 12.5. The number of carbonyl (C=O) groups excluding carboxylic acids is 1. The lowest BCUT2D eigenvalue weighted by Crippen LogP contribution is -2.42. The van der Waals surface area contributed by atoms with Crippen LogP contribution in [0.2, 0.25) is 0 Å². The fourth-order valence-corrected chi connectivity index (χ4v) is 1.60. The fourth-order valence-electron chi connectivity index (χ4n) is 1.60. The van der Waals surface area contributed by atoms with Gasteiger partial charge in [0, 0.05) is 6.54 Å². The molecule has 0 spiro atoms. The highest BCUT2D eigenvalue weighted by Gasteiger charge is 2.31. The first-order valence-electron chi connectivity index (χ1n) is 5.71. The molecule has 0 heterocycles. The fraction of sp³-hybridized carbons (Fsp3) is 0.917. The van der Waals surface area contributed by atoms with E-state index >= 15 is 0 Å². The van der Waals surface area contributed by atoms with E-state index in [0.29, 0.717) is 5.41 Å². The summed E-state index contributed by atoms with van der Waals surface area (Å²) in [6.45, 7) is 9.04. The number of amides is 1. The Balaban J connectivity index is 2.14. The van der Waals surface area contributed by atoms with Gasteiger partial charge in [-0.05, 0) is 39.0 Å². The lowest BCUT2D eigenvalue weighted by molar-refractivity contribution is -0.131. The maximum absolute atomic E-state index is 11.4. The number of hydrogen-bond acceptors (Lipinski definition) is 2. The van der Waals surface area contributed by atoms with Crippen LogP contribution in [0.15, 0.2) is 0 Å². The normalized spacial score (nSPS) is 19.5. The van der Waals surface area contributed by atoms with Crippen molar-refractivity contribution in [1.82, 2.24) is 5.32 Å². The van der Waals surface area contributed by atoms with Crippen molar-refractivity contribution in [2.24, 2.45) is 5.41 Å². The SMILES string of the molecule is CC1(CNC(=O)COC(C)(C)C)CCC1. The Morgan fingerprint density at radius 3 is 2.40 bits per heavy atom. The highest BCUT2D eigenvalue weighted by molar-refractivity contribution is 5.77. The molecule has 0 atom stereocenters. The van der Waals surface area contributed by atoms with Crippen LogP contribution in [0.3, 0.4) is 0 Å². The van der Waals surface area contributed by atoms with Gasteiger partial charge in [-0.25, -0.2) is 0 Å². The monoisotopic (exact) mass is 213 g/mol. The molecular weight excluding hydrogens is 190 g/mol. The zero-order valence-electron chi connectivity index (χ0n) is 10.4. The smallest absolute Gasteiger partial charge is 0.246 e. The maximum Gasteiger partial charge on any atom is 0.246 e. The molecule has 1 aliphatic rings. The molecule has 15 heavy (non-hydrogen) atoms. The standard InChI is InChI=1S/C12H23NO2/c1-11(2,3)15-8-10(14)13-9-12(4)6-5-7-12/h5-9H2,1-4H3,(H,13,14). The molecule has 1 amide bonds. The molecule has 1 rings (SSSR count). The quantitative estimate of drug-likeness (QED) is 0.776. The number of hydrogen-bond donors (Lipinski definition) is 1. The third-order valence-corrected chi connectivity index (χ3v) is 2.91. The van der Waals surface area contributed by atoms with E-state index in [4.69, 9.17) is 4.74 Å². The zero-order valence-corrected chi connectivity index (χ0v) is 10.4. The van der Waals surface area contributed by atoms with E-state index in [1.165, 1.54) is 19.3 Å². The van der Waals surface area contributed by atoms with Crippen molar-refractivity contribution < 1.29 is 9.53 Å². The van der Waals surface area contributed by atoms with E-state index in [1.54, 1.807) is 0 Å². The summed E-state index contributed by atoms with van der Waals surface area (Å²) in [7, 11) is 0. The molecule has 1 aliphatic carbocycles. The van der Waals surface area contributed by atoms with Crippen molar-refractivity contribution in [3.05, 3.63) is 0 Å². The van der Waals surface area contributed by atoms with Gasteiger partial charge < -0.3 is 10.1 Å². The molecule has 1 saturated carbocycles. The van der Waals surface area contributed by atoms with Crippen LogP contribution in [0.25, 0.3) is 0 Å². The predicted molar refractivity (Wildman–Crippen MR) is 60.7 cm³/mol. The second kappa shape index (κ2) is 4.52. The van der Waals surface area contributed by atoms with Crippen molar-refractivity contribution in [1.29, 1.82) is 0 Å². The van der Waals surface area contributed by atoms with Crippen molar-refractivity contribution in [3.8, 4) is 0 Å². The minimum atomic E-state index is -0.238. The van der Waals surface area contributed by atoms with Crippen LogP contribution >= 0.6 is 0 Å². The molecule has 88 valence electrons. The molecule has 0 aliphatic heterocycles. The van der Waals surface area contributed by atoms with E-state index in [2.05, 4.69) is 12.2 Å². The van der Waals surface area contributed by atoms with Crippen LogP contribution in [-0.2, 0) is 9.53 Å². The zero-order chi connectivity index (χ0) is 11.5. The third kappa shape index (κ3) is 4.65. The topological polar surface area (TPSA) is 38.3 Å². The average molecular weight is 213 g/mol. The summed E-state index contributed by atoms with van der Waals surface area (Å²) in [5.74, 6) is -0.00181. The number of nitrogens with one attached hydrogen (secondary N) is 1. The van der Waals surface area contributed by atoms with E-state index in [9.17, 15) is 4.79 Å². The summed E-state index contributed by atoms with van der Waals surface area (Å²) < 4.78 is 5.40. The number of ether oxygens (including phenoxy) is 1. The van der Waals surface area contributed by atoms with Gasteiger partial charge in [-0.1, -0.05) is 13.3 Å². The lowest BCUT2D eigenvalue weighted by atomic mass is 9.70. The molecule has 0 aromatic carbocycles. The molecule has 0 saturated heterocycles. The van der Waals surface area contributed by atoms with Gasteiger partial charge in [0.1, 0.15) is 6.61 Å². The van der Waals surface area contributed by atoms with Gasteiger partial charge in [0.2, 0.25) is 5.91 Å². The van der Waals surface area contributed by atoms with Crippen LogP contribution in [0.4, 0.5) is 0 Å². The summed E-state index contributed by atoms with van der Waals surface area (Å²) in [4.78, 5) is 11.4. The van der Waals surface area contributed by atoms with E-state index in [-0.39, 0.29) is 18.1 Å². The average Bonchev–Trinajstić information content (AvgIpc) is 2.07. The Bertz CT molecular complexity index is 226. The molecule has 1 N–H and O–H groups in total. The van der Waals surface area contributed by atoms with Crippen molar-refractivity contribution >= 4 is 5.91 Å². The molecular formula is C12H23NO2. The van der Waals surface area contributed by atoms with Gasteiger partial charge in [-0.15, -0.1) is 0 Å². The molecule has 0 aromatic heterocycles. The summed E-state index contributed by atoms with van der Waals surface area (Å²) in [5.41, 5.74) is 0.106. The molecule has 0 unspecified atom stereocenters. The van der Waals surface area contributed by atoms with Crippen LogP contribution in [0, 0.1) is 5.41 Å². The second-order valence-corrected chi connectivity index (χ2v) is 5.84. The van der Waals surface area contributed by atoms with Gasteiger partial charge in [0.25, 0.3) is 0 Å². The van der Waals surface area contributed by atoms with E-state index in [0.717, 1.165) is 6.54 Å². The van der Waals surface area contributed by atoms with E-state index < -0.39 is 0 Å². The predicted octanol–water partition coefficient (Wildman–Crippen LogP) is 2.11. The first-order chi connectivity index (χ1) is 6.81. The minimum Gasteiger partial charge on any atom is -0.366 e. The summed E-state index contributed by atoms with van der Waals surface area (Å²) in [5, 5.41) is 2.93. The van der Waals surface area contributed by atoms with Crippen LogP contribution in [-0.4, -0.2) is 24.7 Å². The van der Waals surface area contributed by atoms with Crippen molar-refractivity contribution in [3.63, 3.8) is 0 Å². The Hall–Kier alpha value is -0.570. The summed E-state index contributed by atoms with van der Waals surface area (Å²) in [6.07, 6.45) is 3.76. The molecule has 0 bridgehead atoms. The molecule has 0 aromatic rings.